The number of primary amides is 1. The summed E-state index contributed by atoms with van der Waals surface area (Å²) in [5.74, 6) is -0.214. The highest BCUT2D eigenvalue weighted by Gasteiger charge is 2.19. The van der Waals surface area contributed by atoms with Crippen LogP contribution in [0, 0.1) is 5.82 Å². The Morgan fingerprint density at radius 3 is 2.53 bits per heavy atom. The molecule has 2 aromatic heterocycles. The number of furan rings is 1. The molecule has 0 unspecified atom stereocenters. The number of thioether (sulfide) groups is 1. The van der Waals surface area contributed by atoms with Crippen molar-refractivity contribution in [3.63, 3.8) is 0 Å². The first-order valence-electron chi connectivity index (χ1n) is 9.54. The highest BCUT2D eigenvalue weighted by Crippen LogP contribution is 2.27. The van der Waals surface area contributed by atoms with Gasteiger partial charge in [0.1, 0.15) is 11.6 Å². The summed E-state index contributed by atoms with van der Waals surface area (Å²) < 4.78 is 21.5. The maximum atomic E-state index is 14.4. The lowest BCUT2D eigenvalue weighted by Crippen LogP contribution is -2.15. The quantitative estimate of drug-likeness (QED) is 0.396. The van der Waals surface area contributed by atoms with Gasteiger partial charge >= 0.3 is 0 Å². The summed E-state index contributed by atoms with van der Waals surface area (Å²) >= 11 is 1.16. The molecule has 0 saturated carbocycles. The molecule has 8 nitrogen and oxygen atoms in total. The number of nitrogens with two attached hydrogens (primary N) is 1. The number of aromatic nitrogens is 3. The number of hydrogen-bond donors (Lipinski definition) is 2. The molecule has 4 aromatic rings. The molecule has 2 heterocycles. The highest BCUT2D eigenvalue weighted by atomic mass is 32.2. The second-order valence-electron chi connectivity index (χ2n) is 6.73. The molecule has 0 aliphatic heterocycles. The van der Waals surface area contributed by atoms with Gasteiger partial charge in [-0.3, -0.25) is 14.2 Å². The van der Waals surface area contributed by atoms with E-state index in [0.29, 0.717) is 33.6 Å². The van der Waals surface area contributed by atoms with Crippen molar-refractivity contribution >= 4 is 29.3 Å². The van der Waals surface area contributed by atoms with Gasteiger partial charge in [-0.2, -0.15) is 0 Å². The van der Waals surface area contributed by atoms with Crippen LogP contribution >= 0.6 is 11.8 Å². The van der Waals surface area contributed by atoms with Crippen LogP contribution in [-0.4, -0.2) is 32.3 Å². The van der Waals surface area contributed by atoms with Crippen LogP contribution in [0.5, 0.6) is 0 Å². The number of halogens is 1. The third kappa shape index (κ3) is 4.86. The number of nitrogens with zero attached hydrogens (tertiary/aromatic N) is 3. The number of carbonyl (C=O) groups excluding carboxylic acids is 2. The third-order valence-electron chi connectivity index (χ3n) is 4.51. The molecule has 0 aliphatic carbocycles. The van der Waals surface area contributed by atoms with E-state index in [1.54, 1.807) is 53.3 Å². The van der Waals surface area contributed by atoms with Crippen molar-refractivity contribution in [3.05, 3.63) is 84.1 Å². The maximum Gasteiger partial charge on any atom is 0.248 e. The van der Waals surface area contributed by atoms with Crippen LogP contribution in [0.3, 0.4) is 0 Å². The van der Waals surface area contributed by atoms with Gasteiger partial charge in [-0.1, -0.05) is 23.9 Å². The molecule has 32 heavy (non-hydrogen) atoms. The lowest BCUT2D eigenvalue weighted by molar-refractivity contribution is -0.113. The first-order valence-corrected chi connectivity index (χ1v) is 10.5. The largest absolute Gasteiger partial charge is 0.467 e. The van der Waals surface area contributed by atoms with Crippen LogP contribution in [0.25, 0.3) is 11.4 Å². The summed E-state index contributed by atoms with van der Waals surface area (Å²) in [6.07, 6.45) is 1.55. The molecule has 0 aliphatic rings. The maximum absolute atomic E-state index is 14.4. The Labute approximate surface area is 186 Å². The zero-order valence-electron chi connectivity index (χ0n) is 16.7. The van der Waals surface area contributed by atoms with Gasteiger partial charge < -0.3 is 15.5 Å². The molecule has 3 N–H and O–H groups in total. The Morgan fingerprint density at radius 2 is 1.84 bits per heavy atom. The van der Waals surface area contributed by atoms with Gasteiger partial charge in [0.05, 0.1) is 24.1 Å². The molecule has 0 spiro atoms. The molecule has 10 heteroatoms. The van der Waals surface area contributed by atoms with Gasteiger partial charge in [-0.15, -0.1) is 10.2 Å². The van der Waals surface area contributed by atoms with Gasteiger partial charge in [0, 0.05) is 11.3 Å². The van der Waals surface area contributed by atoms with Crippen LogP contribution in [0.15, 0.2) is 76.5 Å². The summed E-state index contributed by atoms with van der Waals surface area (Å²) in [5, 5.41) is 11.5. The SMILES string of the molecule is NC(=O)c1ccc(NC(=O)CSc2nnc(-c3ccccc3F)n2Cc2ccco2)cc1. The van der Waals surface area contributed by atoms with E-state index >= 15 is 0 Å². The Bertz CT molecular complexity index is 1240. The van der Waals surface area contributed by atoms with E-state index in [1.807, 2.05) is 0 Å². The van der Waals surface area contributed by atoms with Crippen LogP contribution in [0.2, 0.25) is 0 Å². The summed E-state index contributed by atoms with van der Waals surface area (Å²) in [6.45, 7) is 0.280. The smallest absolute Gasteiger partial charge is 0.248 e. The minimum atomic E-state index is -0.542. The van der Waals surface area contributed by atoms with Crippen LogP contribution < -0.4 is 11.1 Å². The summed E-state index contributed by atoms with van der Waals surface area (Å²) in [6, 6.07) is 16.1. The zero-order valence-corrected chi connectivity index (χ0v) is 17.5. The molecule has 2 aromatic carbocycles. The predicted octanol–water partition coefficient (Wildman–Crippen LogP) is 3.56. The number of nitrogens with one attached hydrogen (secondary N) is 1. The molecular formula is C22H18FN5O3S. The normalized spacial score (nSPS) is 10.8. The second kappa shape index (κ2) is 9.48. The number of anilines is 1. The van der Waals surface area contributed by atoms with Gasteiger partial charge in [0.25, 0.3) is 0 Å². The first kappa shape index (κ1) is 21.3. The average Bonchev–Trinajstić information content (AvgIpc) is 3.44. The summed E-state index contributed by atoms with van der Waals surface area (Å²) in [7, 11) is 0. The lowest BCUT2D eigenvalue weighted by atomic mass is 10.2. The fraction of sp³-hybridized carbons (Fsp3) is 0.0909. The molecule has 0 fully saturated rings. The van der Waals surface area contributed by atoms with Crippen LogP contribution in [-0.2, 0) is 11.3 Å². The summed E-state index contributed by atoms with van der Waals surface area (Å²) in [5.41, 5.74) is 6.40. The topological polar surface area (TPSA) is 116 Å². The van der Waals surface area contributed by atoms with E-state index in [4.69, 9.17) is 10.2 Å². The molecule has 4 rings (SSSR count). The van der Waals surface area contributed by atoms with E-state index in [0.717, 1.165) is 11.8 Å². The Kier molecular flexibility index (Phi) is 6.31. The first-order chi connectivity index (χ1) is 15.5. The van der Waals surface area contributed by atoms with Crippen LogP contribution in [0.1, 0.15) is 16.1 Å². The van der Waals surface area contributed by atoms with Crippen molar-refractivity contribution in [2.75, 3.05) is 11.1 Å². The lowest BCUT2D eigenvalue weighted by Gasteiger charge is -2.10. The number of benzene rings is 2. The zero-order chi connectivity index (χ0) is 22.5. The average molecular weight is 451 g/mol. The van der Waals surface area contributed by atoms with Gasteiger partial charge in [-0.05, 0) is 48.5 Å². The van der Waals surface area contributed by atoms with E-state index < -0.39 is 11.7 Å². The fourth-order valence-electron chi connectivity index (χ4n) is 2.98. The van der Waals surface area contributed by atoms with Gasteiger partial charge in [0.2, 0.25) is 11.8 Å². The molecule has 162 valence electrons. The molecule has 0 saturated heterocycles. The van der Waals surface area contributed by atoms with E-state index in [2.05, 4.69) is 15.5 Å². The van der Waals surface area contributed by atoms with Crippen LogP contribution in [0.4, 0.5) is 10.1 Å². The molecular weight excluding hydrogens is 433 g/mol. The minimum absolute atomic E-state index is 0.0468. The molecule has 0 atom stereocenters. The number of rotatable bonds is 8. The van der Waals surface area contributed by atoms with E-state index in [-0.39, 0.29) is 18.2 Å². The van der Waals surface area contributed by atoms with Crippen molar-refractivity contribution in [3.8, 4) is 11.4 Å². The van der Waals surface area contributed by atoms with Crippen molar-refractivity contribution in [2.24, 2.45) is 5.73 Å². The second-order valence-corrected chi connectivity index (χ2v) is 7.67. The van der Waals surface area contributed by atoms with E-state index in [1.165, 1.54) is 18.2 Å². The predicted molar refractivity (Wildman–Crippen MR) is 118 cm³/mol. The van der Waals surface area contributed by atoms with Crippen molar-refractivity contribution in [1.29, 1.82) is 0 Å². The molecule has 0 radical (unpaired) electrons. The minimum Gasteiger partial charge on any atom is -0.467 e. The summed E-state index contributed by atoms with van der Waals surface area (Å²) in [4.78, 5) is 23.6. The van der Waals surface area contributed by atoms with Gasteiger partial charge in [-0.25, -0.2) is 4.39 Å². The number of amides is 2. The third-order valence-corrected chi connectivity index (χ3v) is 5.48. The number of hydrogen-bond acceptors (Lipinski definition) is 6. The standard InChI is InChI=1S/C22H18FN5O3S/c23-18-6-2-1-5-17(18)21-26-27-22(28(21)12-16-4-3-11-31-16)32-13-19(29)25-15-9-7-14(8-10-15)20(24)30/h1-11H,12-13H2,(H2,24,30)(H,25,29). The fourth-order valence-corrected chi connectivity index (χ4v) is 3.72. The monoisotopic (exact) mass is 451 g/mol. The molecule has 0 bridgehead atoms. The Morgan fingerprint density at radius 1 is 1.06 bits per heavy atom. The highest BCUT2D eigenvalue weighted by molar-refractivity contribution is 7.99. The van der Waals surface area contributed by atoms with Crippen molar-refractivity contribution in [2.45, 2.75) is 11.7 Å². The van der Waals surface area contributed by atoms with E-state index in [9.17, 15) is 14.0 Å². The Balaban J connectivity index is 1.51. The Hall–Kier alpha value is -3.92. The van der Waals surface area contributed by atoms with Crippen molar-refractivity contribution in [1.82, 2.24) is 14.8 Å². The van der Waals surface area contributed by atoms with Crippen molar-refractivity contribution < 1.29 is 18.4 Å². The number of carbonyl (C=O) groups is 2. The molecule has 2 amide bonds. The van der Waals surface area contributed by atoms with Gasteiger partial charge in [0.15, 0.2) is 11.0 Å².